The first-order valence-corrected chi connectivity index (χ1v) is 5.40. The van der Waals surface area contributed by atoms with E-state index in [1.54, 1.807) is 0 Å². The number of nitrogens with zero attached hydrogens (tertiary/aromatic N) is 1. The fraction of sp³-hybridized carbons (Fsp3) is 0.455. The zero-order valence-corrected chi connectivity index (χ0v) is 9.47. The molecule has 0 aliphatic carbocycles. The second kappa shape index (κ2) is 4.58. The molecule has 1 atom stereocenters. The number of carbonyl (C=O) groups is 2. The van der Waals surface area contributed by atoms with Gasteiger partial charge in [0, 0.05) is 13.1 Å². The normalized spacial score (nSPS) is 21.2. The van der Waals surface area contributed by atoms with E-state index in [1.807, 2.05) is 11.8 Å². The summed E-state index contributed by atoms with van der Waals surface area (Å²) >= 11 is 0. The van der Waals surface area contributed by atoms with Gasteiger partial charge < -0.3 is 14.8 Å². The van der Waals surface area contributed by atoms with Gasteiger partial charge in [0.2, 0.25) is 5.91 Å². The van der Waals surface area contributed by atoms with E-state index in [2.05, 4.69) is 5.32 Å². The Balaban J connectivity index is 2.04. The van der Waals surface area contributed by atoms with E-state index in [0.717, 1.165) is 6.54 Å². The Morgan fingerprint density at radius 3 is 3.12 bits per heavy atom. The van der Waals surface area contributed by atoms with Crippen LogP contribution in [0, 0.1) is 0 Å². The van der Waals surface area contributed by atoms with Gasteiger partial charge in [-0.05, 0) is 13.0 Å². The van der Waals surface area contributed by atoms with E-state index in [4.69, 9.17) is 9.52 Å². The quantitative estimate of drug-likeness (QED) is 0.791. The van der Waals surface area contributed by atoms with Gasteiger partial charge in [0.05, 0.1) is 18.2 Å². The predicted octanol–water partition coefficient (Wildman–Crippen LogP) is 0.298. The van der Waals surface area contributed by atoms with Crippen LogP contribution in [0.5, 0.6) is 0 Å². The lowest BCUT2D eigenvalue weighted by molar-refractivity contribution is -0.128. The number of furan rings is 1. The monoisotopic (exact) mass is 238 g/mol. The lowest BCUT2D eigenvalue weighted by atomic mass is 10.2. The van der Waals surface area contributed by atoms with Crippen LogP contribution >= 0.6 is 0 Å². The Labute approximate surface area is 98.2 Å². The van der Waals surface area contributed by atoms with Gasteiger partial charge in [-0.3, -0.25) is 9.69 Å². The number of hydrogen-bond acceptors (Lipinski definition) is 4. The zero-order valence-electron chi connectivity index (χ0n) is 9.47. The SMILES string of the molecule is CC1C(=O)NCCN1Cc1cc(C(=O)O)co1. The largest absolute Gasteiger partial charge is 0.478 e. The van der Waals surface area contributed by atoms with Crippen molar-refractivity contribution in [3.63, 3.8) is 0 Å². The van der Waals surface area contributed by atoms with Gasteiger partial charge in [0.1, 0.15) is 12.0 Å². The van der Waals surface area contributed by atoms with Crippen molar-refractivity contribution in [2.75, 3.05) is 13.1 Å². The Morgan fingerprint density at radius 1 is 1.71 bits per heavy atom. The first-order chi connectivity index (χ1) is 8.08. The highest BCUT2D eigenvalue weighted by molar-refractivity contribution is 5.87. The lowest BCUT2D eigenvalue weighted by Crippen LogP contribution is -2.53. The van der Waals surface area contributed by atoms with Crippen molar-refractivity contribution in [1.82, 2.24) is 10.2 Å². The van der Waals surface area contributed by atoms with E-state index in [0.29, 0.717) is 18.8 Å². The summed E-state index contributed by atoms with van der Waals surface area (Å²) in [7, 11) is 0. The molecule has 0 aromatic carbocycles. The lowest BCUT2D eigenvalue weighted by Gasteiger charge is -2.31. The molecule has 1 fully saturated rings. The van der Waals surface area contributed by atoms with Crippen molar-refractivity contribution in [2.24, 2.45) is 0 Å². The molecule has 1 aliphatic rings. The van der Waals surface area contributed by atoms with Crippen molar-refractivity contribution in [3.05, 3.63) is 23.7 Å². The van der Waals surface area contributed by atoms with Crippen LogP contribution in [-0.2, 0) is 11.3 Å². The molecule has 1 aromatic rings. The maximum absolute atomic E-state index is 11.4. The number of hydrogen-bond donors (Lipinski definition) is 2. The molecule has 1 aromatic heterocycles. The first-order valence-electron chi connectivity index (χ1n) is 5.40. The number of piperazine rings is 1. The zero-order chi connectivity index (χ0) is 12.4. The summed E-state index contributed by atoms with van der Waals surface area (Å²) < 4.78 is 5.16. The van der Waals surface area contributed by atoms with Crippen LogP contribution in [0.3, 0.4) is 0 Å². The van der Waals surface area contributed by atoms with Crippen molar-refractivity contribution < 1.29 is 19.1 Å². The van der Waals surface area contributed by atoms with Gasteiger partial charge in [-0.2, -0.15) is 0 Å². The number of carboxylic acids is 1. The van der Waals surface area contributed by atoms with E-state index >= 15 is 0 Å². The average molecular weight is 238 g/mol. The summed E-state index contributed by atoms with van der Waals surface area (Å²) in [4.78, 5) is 24.1. The third-order valence-electron chi connectivity index (χ3n) is 2.89. The van der Waals surface area contributed by atoms with Crippen LogP contribution in [0.15, 0.2) is 16.7 Å². The standard InChI is InChI=1S/C11H14N2O4/c1-7-10(14)12-2-3-13(7)5-9-4-8(6-17-9)11(15)16/h4,6-7H,2-3,5H2,1H3,(H,12,14)(H,15,16). The molecular formula is C11H14N2O4. The second-order valence-corrected chi connectivity index (χ2v) is 4.04. The molecule has 1 unspecified atom stereocenters. The summed E-state index contributed by atoms with van der Waals surface area (Å²) in [6, 6.07) is 1.27. The minimum atomic E-state index is -1.01. The molecule has 2 N–H and O–H groups in total. The maximum atomic E-state index is 11.4. The van der Waals surface area contributed by atoms with E-state index in [9.17, 15) is 9.59 Å². The Kier molecular flexibility index (Phi) is 3.14. The van der Waals surface area contributed by atoms with Crippen molar-refractivity contribution in [2.45, 2.75) is 19.5 Å². The summed E-state index contributed by atoms with van der Waals surface area (Å²) in [5.41, 5.74) is 0.133. The van der Waals surface area contributed by atoms with Crippen LogP contribution in [0.1, 0.15) is 23.0 Å². The average Bonchev–Trinajstić information content (AvgIpc) is 2.73. The molecule has 6 nitrogen and oxygen atoms in total. The summed E-state index contributed by atoms with van der Waals surface area (Å²) in [6.45, 7) is 3.60. The minimum absolute atomic E-state index is 0.0127. The fourth-order valence-electron chi connectivity index (χ4n) is 1.82. The molecule has 2 heterocycles. The molecule has 6 heteroatoms. The first kappa shape index (κ1) is 11.7. The molecule has 2 rings (SSSR count). The molecule has 1 amide bonds. The van der Waals surface area contributed by atoms with Gasteiger partial charge in [0.25, 0.3) is 0 Å². The number of carbonyl (C=O) groups excluding carboxylic acids is 1. The van der Waals surface area contributed by atoms with Crippen LogP contribution in [-0.4, -0.2) is 41.0 Å². The minimum Gasteiger partial charge on any atom is -0.478 e. The van der Waals surface area contributed by atoms with Crippen LogP contribution in [0.4, 0.5) is 0 Å². The molecule has 0 saturated carbocycles. The van der Waals surface area contributed by atoms with Gasteiger partial charge in [0.15, 0.2) is 0 Å². The van der Waals surface area contributed by atoms with Gasteiger partial charge >= 0.3 is 5.97 Å². The predicted molar refractivity (Wildman–Crippen MR) is 58.5 cm³/mol. The molecule has 17 heavy (non-hydrogen) atoms. The van der Waals surface area contributed by atoms with Crippen molar-refractivity contribution in [3.8, 4) is 0 Å². The van der Waals surface area contributed by atoms with Gasteiger partial charge in [-0.25, -0.2) is 4.79 Å². The van der Waals surface area contributed by atoms with Gasteiger partial charge in [-0.1, -0.05) is 0 Å². The Bertz CT molecular complexity index is 440. The number of aromatic carboxylic acids is 1. The smallest absolute Gasteiger partial charge is 0.338 e. The number of amides is 1. The number of rotatable bonds is 3. The summed E-state index contributed by atoms with van der Waals surface area (Å²) in [6.07, 6.45) is 1.21. The highest BCUT2D eigenvalue weighted by Crippen LogP contribution is 2.13. The molecule has 0 spiro atoms. The summed E-state index contributed by atoms with van der Waals surface area (Å²) in [5, 5.41) is 11.5. The van der Waals surface area contributed by atoms with Crippen molar-refractivity contribution in [1.29, 1.82) is 0 Å². The van der Waals surface area contributed by atoms with Crippen LogP contribution in [0.25, 0.3) is 0 Å². The third-order valence-corrected chi connectivity index (χ3v) is 2.89. The van der Waals surface area contributed by atoms with E-state index in [1.165, 1.54) is 12.3 Å². The molecule has 1 saturated heterocycles. The maximum Gasteiger partial charge on any atom is 0.338 e. The third kappa shape index (κ3) is 2.47. The molecule has 1 aliphatic heterocycles. The topological polar surface area (TPSA) is 82.8 Å². The highest BCUT2D eigenvalue weighted by atomic mass is 16.4. The van der Waals surface area contributed by atoms with Gasteiger partial charge in [-0.15, -0.1) is 0 Å². The summed E-state index contributed by atoms with van der Waals surface area (Å²) in [5.74, 6) is -0.463. The van der Waals surface area contributed by atoms with E-state index < -0.39 is 5.97 Å². The van der Waals surface area contributed by atoms with Crippen molar-refractivity contribution >= 4 is 11.9 Å². The molecule has 0 radical (unpaired) electrons. The second-order valence-electron chi connectivity index (χ2n) is 4.04. The molecule has 92 valence electrons. The van der Waals surface area contributed by atoms with Crippen LogP contribution in [0.2, 0.25) is 0 Å². The molecule has 0 bridgehead atoms. The molecular weight excluding hydrogens is 224 g/mol. The fourth-order valence-corrected chi connectivity index (χ4v) is 1.82. The van der Waals surface area contributed by atoms with E-state index in [-0.39, 0.29) is 17.5 Å². The van der Waals surface area contributed by atoms with Crippen LogP contribution < -0.4 is 5.32 Å². The Morgan fingerprint density at radius 2 is 2.47 bits per heavy atom. The highest BCUT2D eigenvalue weighted by Gasteiger charge is 2.26. The number of nitrogens with one attached hydrogen (secondary N) is 1. The Hall–Kier alpha value is -1.82. The number of carboxylic acid groups (broad SMARTS) is 1.